The third-order valence-corrected chi connectivity index (χ3v) is 5.45. The summed E-state index contributed by atoms with van der Waals surface area (Å²) in [6.45, 7) is 4.23. The van der Waals surface area contributed by atoms with Gasteiger partial charge in [-0.1, -0.05) is 23.2 Å². The van der Waals surface area contributed by atoms with E-state index in [9.17, 15) is 9.59 Å². The summed E-state index contributed by atoms with van der Waals surface area (Å²) in [6.07, 6.45) is 3.09. The Morgan fingerprint density at radius 3 is 2.62 bits per heavy atom. The van der Waals surface area contributed by atoms with Crippen LogP contribution in [0.5, 0.6) is 5.88 Å². The Bertz CT molecular complexity index is 1330. The molecule has 0 unspecified atom stereocenters. The van der Waals surface area contributed by atoms with Crippen LogP contribution in [0.4, 0.5) is 5.69 Å². The van der Waals surface area contributed by atoms with E-state index in [4.69, 9.17) is 16.3 Å². The van der Waals surface area contributed by atoms with E-state index >= 15 is 0 Å². The number of nitrogens with zero attached hydrogens (tertiary/aromatic N) is 3. The molecule has 0 radical (unpaired) electrons. The third-order valence-electron chi connectivity index (χ3n) is 5.22. The second-order valence-electron chi connectivity index (χ2n) is 7.41. The number of ketones is 1. The van der Waals surface area contributed by atoms with Gasteiger partial charge in [0, 0.05) is 40.7 Å². The molecule has 0 saturated heterocycles. The van der Waals surface area contributed by atoms with Crippen molar-refractivity contribution in [2.75, 3.05) is 12.4 Å². The van der Waals surface area contributed by atoms with Crippen molar-refractivity contribution in [3.05, 3.63) is 82.4 Å². The van der Waals surface area contributed by atoms with Crippen LogP contribution in [0.3, 0.4) is 0 Å². The second-order valence-corrected chi connectivity index (χ2v) is 7.84. The molecule has 1 N–H and O–H groups in total. The molecule has 4 rings (SSSR count). The number of hydrogen-bond acceptors (Lipinski definition) is 5. The fourth-order valence-electron chi connectivity index (χ4n) is 3.65. The zero-order chi connectivity index (χ0) is 22.8. The number of rotatable bonds is 6. The molecule has 0 saturated carbocycles. The van der Waals surface area contributed by atoms with Crippen molar-refractivity contribution in [3.8, 4) is 5.88 Å². The first-order valence-corrected chi connectivity index (χ1v) is 10.3. The minimum atomic E-state index is -0.730. The highest BCUT2D eigenvalue weighted by atomic mass is 35.5. The number of fused-ring (bicyclic) bond motifs is 1. The lowest BCUT2D eigenvalue weighted by Crippen LogP contribution is -2.23. The molecular weight excluding hydrogens is 428 g/mol. The number of anilines is 1. The molecule has 1 aromatic carbocycles. The van der Waals surface area contributed by atoms with Crippen LogP contribution in [-0.4, -0.2) is 33.3 Å². The molecule has 3 aromatic heterocycles. The summed E-state index contributed by atoms with van der Waals surface area (Å²) in [5, 5.41) is 3.92. The second kappa shape index (κ2) is 8.80. The molecule has 3 heterocycles. The van der Waals surface area contributed by atoms with Crippen LogP contribution in [0.2, 0.25) is 5.02 Å². The third kappa shape index (κ3) is 4.20. The molecule has 0 aliphatic heterocycles. The number of aryl methyl sites for hydroxylation is 1. The fraction of sp³-hybridized carbons (Fsp3) is 0.167. The minimum Gasteiger partial charge on any atom is -0.481 e. The Morgan fingerprint density at radius 1 is 1.09 bits per heavy atom. The number of pyridine rings is 2. The van der Waals surface area contributed by atoms with E-state index in [1.54, 1.807) is 24.4 Å². The zero-order valence-electron chi connectivity index (χ0n) is 17.8. The van der Waals surface area contributed by atoms with E-state index in [-0.39, 0.29) is 0 Å². The van der Waals surface area contributed by atoms with Crippen molar-refractivity contribution in [3.63, 3.8) is 0 Å². The first-order chi connectivity index (χ1) is 15.4. The molecule has 0 aliphatic carbocycles. The van der Waals surface area contributed by atoms with Gasteiger partial charge in [0.2, 0.25) is 5.88 Å². The van der Waals surface area contributed by atoms with Crippen LogP contribution in [-0.2, 0) is 11.3 Å². The molecule has 0 spiro atoms. The number of nitrogens with one attached hydrogen (secondary N) is 1. The smallest absolute Gasteiger partial charge is 0.296 e. The number of hydrogen-bond donors (Lipinski definition) is 1. The maximum absolute atomic E-state index is 13.3. The Hall–Kier alpha value is -3.71. The SMILES string of the molecule is COc1cc(NC(=O)C(=O)c2c(C)n(Cc3ccc(Cl)cn3)c3ccc(C)cc23)ccn1. The average Bonchev–Trinajstić information content (AvgIpc) is 3.05. The number of halogens is 1. The van der Waals surface area contributed by atoms with Crippen molar-refractivity contribution >= 4 is 39.9 Å². The highest BCUT2D eigenvalue weighted by molar-refractivity contribution is 6.48. The average molecular weight is 449 g/mol. The summed E-state index contributed by atoms with van der Waals surface area (Å²) in [6, 6.07) is 12.6. The van der Waals surface area contributed by atoms with Crippen LogP contribution >= 0.6 is 11.6 Å². The van der Waals surface area contributed by atoms with E-state index in [1.807, 2.05) is 42.7 Å². The topological polar surface area (TPSA) is 86.1 Å². The Labute approximate surface area is 190 Å². The number of carbonyl (C=O) groups excluding carboxylic acids is 2. The molecule has 7 nitrogen and oxygen atoms in total. The van der Waals surface area contributed by atoms with Crippen LogP contribution in [0.1, 0.15) is 27.3 Å². The van der Waals surface area contributed by atoms with Crippen molar-refractivity contribution in [2.45, 2.75) is 20.4 Å². The van der Waals surface area contributed by atoms with Crippen LogP contribution < -0.4 is 10.1 Å². The Kier molecular flexibility index (Phi) is 5.92. The summed E-state index contributed by atoms with van der Waals surface area (Å²) in [5.74, 6) is -1.00. The van der Waals surface area contributed by atoms with Gasteiger partial charge in [0.15, 0.2) is 0 Å². The van der Waals surface area contributed by atoms with Crippen molar-refractivity contribution in [2.24, 2.45) is 0 Å². The van der Waals surface area contributed by atoms with Gasteiger partial charge in [0.1, 0.15) is 0 Å². The zero-order valence-corrected chi connectivity index (χ0v) is 18.6. The number of aromatic nitrogens is 3. The van der Waals surface area contributed by atoms with E-state index in [0.717, 1.165) is 22.2 Å². The summed E-state index contributed by atoms with van der Waals surface area (Å²) in [5.41, 5.74) is 4.13. The molecule has 162 valence electrons. The summed E-state index contributed by atoms with van der Waals surface area (Å²) < 4.78 is 7.06. The normalized spacial score (nSPS) is 10.9. The number of Topliss-reactive ketones (excluding diaryl/α,β-unsaturated/α-hetero) is 1. The molecule has 0 aliphatic rings. The summed E-state index contributed by atoms with van der Waals surface area (Å²) >= 11 is 5.95. The molecule has 8 heteroatoms. The van der Waals surface area contributed by atoms with E-state index in [1.165, 1.54) is 13.3 Å². The number of benzene rings is 1. The number of carbonyl (C=O) groups is 2. The molecule has 1 amide bonds. The Balaban J connectivity index is 1.73. The molecule has 4 aromatic rings. The molecule has 0 bridgehead atoms. The molecular formula is C24H21ClN4O3. The number of amides is 1. The maximum atomic E-state index is 13.3. The first kappa shape index (κ1) is 21.5. The predicted molar refractivity (Wildman–Crippen MR) is 124 cm³/mol. The first-order valence-electron chi connectivity index (χ1n) is 9.93. The van der Waals surface area contributed by atoms with E-state index in [0.29, 0.717) is 34.4 Å². The molecule has 32 heavy (non-hydrogen) atoms. The summed E-state index contributed by atoms with van der Waals surface area (Å²) in [7, 11) is 1.48. The quantitative estimate of drug-likeness (QED) is 0.344. The van der Waals surface area contributed by atoms with Crippen molar-refractivity contribution in [1.29, 1.82) is 0 Å². The van der Waals surface area contributed by atoms with Gasteiger partial charge in [-0.15, -0.1) is 0 Å². The highest BCUT2D eigenvalue weighted by Crippen LogP contribution is 2.29. The van der Waals surface area contributed by atoms with Crippen molar-refractivity contribution < 1.29 is 14.3 Å². The van der Waals surface area contributed by atoms with E-state index in [2.05, 4.69) is 15.3 Å². The van der Waals surface area contributed by atoms with Gasteiger partial charge in [0.05, 0.1) is 29.9 Å². The van der Waals surface area contributed by atoms with Gasteiger partial charge in [-0.05, 0) is 44.2 Å². The van der Waals surface area contributed by atoms with Gasteiger partial charge in [-0.25, -0.2) is 4.98 Å². The highest BCUT2D eigenvalue weighted by Gasteiger charge is 2.25. The minimum absolute atomic E-state index is 0.342. The van der Waals surface area contributed by atoms with Gasteiger partial charge >= 0.3 is 0 Å². The van der Waals surface area contributed by atoms with Gasteiger partial charge in [0.25, 0.3) is 11.7 Å². The Morgan fingerprint density at radius 2 is 1.91 bits per heavy atom. The van der Waals surface area contributed by atoms with Crippen LogP contribution in [0, 0.1) is 13.8 Å². The number of methoxy groups -OCH3 is 1. The maximum Gasteiger partial charge on any atom is 0.296 e. The molecule has 0 atom stereocenters. The van der Waals surface area contributed by atoms with E-state index < -0.39 is 11.7 Å². The monoisotopic (exact) mass is 448 g/mol. The van der Waals surface area contributed by atoms with Gasteiger partial charge < -0.3 is 14.6 Å². The standard InChI is InChI=1S/C24H21ClN4O3/c1-14-4-7-20-19(10-14)22(15(2)29(20)13-18-6-5-16(25)12-27-18)23(30)24(31)28-17-8-9-26-21(11-17)32-3/h4-12H,13H2,1-3H3,(H,26,28,31). The molecule has 0 fully saturated rings. The van der Waals surface area contributed by atoms with Gasteiger partial charge in [-0.2, -0.15) is 0 Å². The van der Waals surface area contributed by atoms with Crippen molar-refractivity contribution in [1.82, 2.24) is 14.5 Å². The lowest BCUT2D eigenvalue weighted by atomic mass is 10.0. The largest absolute Gasteiger partial charge is 0.481 e. The van der Waals surface area contributed by atoms with Crippen LogP contribution in [0.25, 0.3) is 10.9 Å². The van der Waals surface area contributed by atoms with Crippen LogP contribution in [0.15, 0.2) is 54.9 Å². The lowest BCUT2D eigenvalue weighted by Gasteiger charge is -2.09. The number of ether oxygens (including phenoxy) is 1. The lowest BCUT2D eigenvalue weighted by molar-refractivity contribution is -0.112. The fourth-order valence-corrected chi connectivity index (χ4v) is 3.76. The predicted octanol–water partition coefficient (Wildman–Crippen LogP) is 4.58. The summed E-state index contributed by atoms with van der Waals surface area (Å²) in [4.78, 5) is 34.5. The van der Waals surface area contributed by atoms with Gasteiger partial charge in [-0.3, -0.25) is 14.6 Å².